The molecule has 1 aromatic heterocycles. The summed E-state index contributed by atoms with van der Waals surface area (Å²) in [5.41, 5.74) is 2.72. The van der Waals surface area contributed by atoms with Crippen molar-refractivity contribution < 1.29 is 23.3 Å². The SMILES string of the molecule is Cc1onc(-c2ccc(Br)cc2)c1C(=O)C1=C[N+]23CCO[C@@H]2CNC(=O)C3=C1. The Bertz CT molecular complexity index is 1070. The molecule has 1 aromatic carbocycles. The van der Waals surface area contributed by atoms with Crippen molar-refractivity contribution in [3.05, 3.63) is 63.6 Å². The van der Waals surface area contributed by atoms with Gasteiger partial charge >= 0.3 is 5.91 Å². The summed E-state index contributed by atoms with van der Waals surface area (Å²) in [6.07, 6.45) is 3.34. The molecule has 3 aliphatic rings. The second-order valence-corrected chi connectivity index (χ2v) is 8.02. The number of hydrogen-bond acceptors (Lipinski definition) is 5. The van der Waals surface area contributed by atoms with Crippen LogP contribution in [0.1, 0.15) is 16.1 Å². The maximum atomic E-state index is 13.4. The van der Waals surface area contributed by atoms with Crippen molar-refractivity contribution >= 4 is 27.6 Å². The Morgan fingerprint density at radius 3 is 2.89 bits per heavy atom. The van der Waals surface area contributed by atoms with Gasteiger partial charge in [-0.15, -0.1) is 0 Å². The minimum absolute atomic E-state index is 0.157. The van der Waals surface area contributed by atoms with Crippen LogP contribution in [0.25, 0.3) is 11.3 Å². The maximum Gasteiger partial charge on any atom is 0.306 e. The van der Waals surface area contributed by atoms with Crippen molar-refractivity contribution in [2.24, 2.45) is 0 Å². The van der Waals surface area contributed by atoms with E-state index in [1.54, 1.807) is 13.0 Å². The summed E-state index contributed by atoms with van der Waals surface area (Å²) in [5.74, 6) is 0.0891. The predicted molar refractivity (Wildman–Crippen MR) is 103 cm³/mol. The number of nitrogens with zero attached hydrogens (tertiary/aromatic N) is 2. The molecule has 0 radical (unpaired) electrons. The van der Waals surface area contributed by atoms with Gasteiger partial charge in [0.05, 0.1) is 17.7 Å². The zero-order valence-corrected chi connectivity index (χ0v) is 16.7. The molecule has 0 saturated carbocycles. The van der Waals surface area contributed by atoms with E-state index in [1.165, 1.54) is 0 Å². The van der Waals surface area contributed by atoms with Crippen molar-refractivity contribution in [2.75, 3.05) is 19.7 Å². The molecule has 142 valence electrons. The average molecular weight is 443 g/mol. The first-order valence-electron chi connectivity index (χ1n) is 8.99. The summed E-state index contributed by atoms with van der Waals surface area (Å²) in [7, 11) is 0. The van der Waals surface area contributed by atoms with E-state index in [0.29, 0.717) is 48.0 Å². The van der Waals surface area contributed by atoms with Gasteiger partial charge in [0.2, 0.25) is 17.7 Å². The molecule has 1 amide bonds. The molecule has 7 nitrogen and oxygen atoms in total. The summed E-state index contributed by atoms with van der Waals surface area (Å²) >= 11 is 3.41. The van der Waals surface area contributed by atoms with Crippen LogP contribution in [0.15, 0.2) is 56.8 Å². The number of nitrogens with one attached hydrogen (secondary N) is 1. The monoisotopic (exact) mass is 442 g/mol. The molecule has 3 aliphatic heterocycles. The molecular weight excluding hydrogens is 426 g/mol. The van der Waals surface area contributed by atoms with Gasteiger partial charge in [-0.2, -0.15) is 0 Å². The van der Waals surface area contributed by atoms with Crippen molar-refractivity contribution in [2.45, 2.75) is 13.2 Å². The lowest BCUT2D eigenvalue weighted by molar-refractivity contribution is -0.861. The second-order valence-electron chi connectivity index (χ2n) is 7.10. The highest BCUT2D eigenvalue weighted by atomic mass is 79.9. The van der Waals surface area contributed by atoms with Crippen LogP contribution in [0.4, 0.5) is 0 Å². The van der Waals surface area contributed by atoms with Gasteiger partial charge in [0.25, 0.3) is 0 Å². The lowest BCUT2D eigenvalue weighted by Crippen LogP contribution is -2.58. The van der Waals surface area contributed by atoms with E-state index in [0.717, 1.165) is 10.0 Å². The van der Waals surface area contributed by atoms with Gasteiger partial charge in [0.1, 0.15) is 30.8 Å². The molecule has 8 heteroatoms. The van der Waals surface area contributed by atoms with E-state index < -0.39 is 0 Å². The molecule has 1 spiro atoms. The molecule has 0 bridgehead atoms. The number of aryl methyl sites for hydroxylation is 1. The van der Waals surface area contributed by atoms with Crippen LogP contribution < -0.4 is 5.32 Å². The third-order valence-corrected chi connectivity index (χ3v) is 6.06. The lowest BCUT2D eigenvalue weighted by atomic mass is 9.98. The Kier molecular flexibility index (Phi) is 3.90. The number of ketones is 1. The van der Waals surface area contributed by atoms with Crippen molar-refractivity contribution in [1.82, 2.24) is 10.5 Å². The number of quaternary nitrogens is 1. The molecule has 1 N–H and O–H groups in total. The fourth-order valence-corrected chi connectivity index (χ4v) is 4.39. The van der Waals surface area contributed by atoms with E-state index >= 15 is 0 Å². The third kappa shape index (κ3) is 2.45. The summed E-state index contributed by atoms with van der Waals surface area (Å²) in [6, 6.07) is 7.53. The molecule has 4 heterocycles. The van der Waals surface area contributed by atoms with Gasteiger partial charge in [-0.1, -0.05) is 33.2 Å². The molecule has 2 saturated heterocycles. The van der Waals surface area contributed by atoms with Crippen LogP contribution in [0, 0.1) is 6.92 Å². The minimum atomic E-state index is -0.204. The minimum Gasteiger partial charge on any atom is -0.360 e. The first-order chi connectivity index (χ1) is 13.5. The first-order valence-corrected chi connectivity index (χ1v) is 9.78. The predicted octanol–water partition coefficient (Wildman–Crippen LogP) is 2.68. The van der Waals surface area contributed by atoms with Gasteiger partial charge in [0.15, 0.2) is 0 Å². The number of Topliss-reactive ketones (excluding diaryl/α,β-unsaturated/α-hetero) is 1. The fourth-order valence-electron chi connectivity index (χ4n) is 4.12. The number of allylic oxidation sites excluding steroid dienone is 2. The number of halogens is 1. The van der Waals surface area contributed by atoms with Crippen LogP contribution in [0.2, 0.25) is 0 Å². The van der Waals surface area contributed by atoms with Crippen LogP contribution in [-0.2, 0) is 9.53 Å². The summed E-state index contributed by atoms with van der Waals surface area (Å²) in [5, 5.41) is 6.95. The van der Waals surface area contributed by atoms with E-state index in [9.17, 15) is 9.59 Å². The van der Waals surface area contributed by atoms with Gasteiger partial charge in [0, 0.05) is 16.1 Å². The molecule has 1 unspecified atom stereocenters. The molecule has 2 fully saturated rings. The topological polar surface area (TPSA) is 81.4 Å². The second kappa shape index (κ2) is 6.23. The Balaban J connectivity index is 1.58. The van der Waals surface area contributed by atoms with Gasteiger partial charge < -0.3 is 14.6 Å². The summed E-state index contributed by atoms with van der Waals surface area (Å²) in [4.78, 5) is 25.8. The number of hydrogen-bond donors (Lipinski definition) is 1. The van der Waals surface area contributed by atoms with Crippen molar-refractivity contribution in [3.8, 4) is 11.3 Å². The number of piperazine rings is 1. The number of ether oxygens (including phenoxy) is 1. The Labute approximate surface area is 169 Å². The lowest BCUT2D eigenvalue weighted by Gasteiger charge is -2.36. The number of amides is 1. The quantitative estimate of drug-likeness (QED) is 0.583. The van der Waals surface area contributed by atoms with Gasteiger partial charge in [-0.3, -0.25) is 9.59 Å². The Hall–Kier alpha value is -2.55. The van der Waals surface area contributed by atoms with Gasteiger partial charge in [-0.05, 0) is 19.1 Å². The summed E-state index contributed by atoms with van der Waals surface area (Å²) < 4.78 is 12.3. The van der Waals surface area contributed by atoms with Gasteiger partial charge in [-0.25, -0.2) is 4.48 Å². The standard InChI is InChI=1S/C20H16BrN3O4/c1-11-17(18(23-28-11)12-2-4-14(21)5-3-12)19(25)13-8-15-20(26)22-9-16-24(15,10-13)6-7-27-16/h2-5,8,10,16H,6-7,9H2,1H3/p+1/t16-,24?/m1/s1. The normalized spacial score (nSPS) is 25.6. The smallest absolute Gasteiger partial charge is 0.306 e. The first kappa shape index (κ1) is 17.5. The largest absolute Gasteiger partial charge is 0.360 e. The maximum absolute atomic E-state index is 13.4. The zero-order chi connectivity index (χ0) is 19.5. The zero-order valence-electron chi connectivity index (χ0n) is 15.1. The highest BCUT2D eigenvalue weighted by molar-refractivity contribution is 9.10. The molecule has 2 atom stereocenters. The number of rotatable bonds is 3. The Morgan fingerprint density at radius 1 is 1.32 bits per heavy atom. The van der Waals surface area contributed by atoms with Crippen LogP contribution in [-0.4, -0.2) is 47.3 Å². The van der Waals surface area contributed by atoms with E-state index in [2.05, 4.69) is 26.4 Å². The highest BCUT2D eigenvalue weighted by Crippen LogP contribution is 2.39. The number of carbonyl (C=O) groups is 2. The molecule has 5 rings (SSSR count). The fraction of sp³-hybridized carbons (Fsp3) is 0.250. The number of carbonyl (C=O) groups excluding carboxylic acids is 2. The number of aromatic nitrogens is 1. The van der Waals surface area contributed by atoms with E-state index in [4.69, 9.17) is 9.26 Å². The Morgan fingerprint density at radius 2 is 2.11 bits per heavy atom. The molecule has 0 aliphatic carbocycles. The van der Waals surface area contributed by atoms with Crippen LogP contribution >= 0.6 is 15.9 Å². The van der Waals surface area contributed by atoms with E-state index in [1.807, 2.05) is 30.5 Å². The van der Waals surface area contributed by atoms with E-state index in [-0.39, 0.29) is 22.4 Å². The van der Waals surface area contributed by atoms with Crippen molar-refractivity contribution in [1.29, 1.82) is 0 Å². The van der Waals surface area contributed by atoms with Crippen LogP contribution in [0.3, 0.4) is 0 Å². The molecule has 2 aromatic rings. The molecular formula is C20H17BrN3O4+. The van der Waals surface area contributed by atoms with Crippen LogP contribution in [0.5, 0.6) is 0 Å². The average Bonchev–Trinajstić information content (AvgIpc) is 3.38. The highest BCUT2D eigenvalue weighted by Gasteiger charge is 2.54. The third-order valence-electron chi connectivity index (χ3n) is 5.54. The summed E-state index contributed by atoms with van der Waals surface area (Å²) in [6.45, 7) is 3.35. The van der Waals surface area contributed by atoms with Crippen molar-refractivity contribution in [3.63, 3.8) is 0 Å². The molecule has 28 heavy (non-hydrogen) atoms. The number of benzene rings is 1.